The van der Waals surface area contributed by atoms with Gasteiger partial charge in [0.15, 0.2) is 0 Å². The fraction of sp³-hybridized carbons (Fsp3) is 0.643. The molecule has 0 radical (unpaired) electrons. The molecule has 4 N–H and O–H groups in total. The van der Waals surface area contributed by atoms with Gasteiger partial charge in [0.2, 0.25) is 17.7 Å². The van der Waals surface area contributed by atoms with Gasteiger partial charge in [-0.1, -0.05) is 44.5 Å². The second-order valence-electron chi connectivity index (χ2n) is 10.7. The summed E-state index contributed by atoms with van der Waals surface area (Å²) < 4.78 is 5.35. The Labute approximate surface area is 221 Å². The molecule has 4 amide bonds. The first-order valence-corrected chi connectivity index (χ1v) is 13.2. The smallest absolute Gasteiger partial charge is 0.408 e. The number of alkyl carbamates (subject to hydrolysis) is 1. The molecule has 37 heavy (non-hydrogen) atoms. The van der Waals surface area contributed by atoms with E-state index in [2.05, 4.69) is 10.6 Å². The number of hydrogen-bond acceptors (Lipinski definition) is 5. The van der Waals surface area contributed by atoms with Crippen molar-refractivity contribution in [2.24, 2.45) is 5.73 Å². The highest BCUT2D eigenvalue weighted by atomic mass is 16.6. The van der Waals surface area contributed by atoms with Crippen LogP contribution in [0.1, 0.15) is 98.2 Å². The van der Waals surface area contributed by atoms with E-state index in [0.29, 0.717) is 5.56 Å². The van der Waals surface area contributed by atoms with E-state index < -0.39 is 41.6 Å². The minimum Gasteiger partial charge on any atom is -0.444 e. The van der Waals surface area contributed by atoms with Crippen molar-refractivity contribution in [2.45, 2.75) is 117 Å². The molecular weight excluding hydrogens is 472 g/mol. The summed E-state index contributed by atoms with van der Waals surface area (Å²) >= 11 is 0. The largest absolute Gasteiger partial charge is 0.444 e. The van der Waals surface area contributed by atoms with Gasteiger partial charge in [-0.2, -0.15) is 0 Å². The van der Waals surface area contributed by atoms with E-state index >= 15 is 0 Å². The number of nitrogens with zero attached hydrogens (tertiary/aromatic N) is 1. The number of aryl methyl sites for hydroxylation is 1. The first-order valence-electron chi connectivity index (χ1n) is 13.2. The molecule has 0 saturated carbocycles. The zero-order valence-electron chi connectivity index (χ0n) is 23.7. The van der Waals surface area contributed by atoms with Crippen LogP contribution in [0.25, 0.3) is 0 Å². The molecule has 1 aromatic carbocycles. The summed E-state index contributed by atoms with van der Waals surface area (Å²) in [6.45, 7) is 14.8. The fourth-order valence-electron chi connectivity index (χ4n) is 4.05. The number of amides is 4. The maximum absolute atomic E-state index is 14.0. The van der Waals surface area contributed by atoms with Crippen LogP contribution in [-0.4, -0.2) is 52.4 Å². The van der Waals surface area contributed by atoms with Crippen LogP contribution in [0.5, 0.6) is 0 Å². The molecule has 0 fully saturated rings. The van der Waals surface area contributed by atoms with E-state index in [4.69, 9.17) is 10.5 Å². The summed E-state index contributed by atoms with van der Waals surface area (Å²) in [5.74, 6) is -1.40. The van der Waals surface area contributed by atoms with Crippen LogP contribution in [0.2, 0.25) is 0 Å². The Bertz CT molecular complexity index is 908. The van der Waals surface area contributed by atoms with Crippen molar-refractivity contribution in [3.8, 4) is 0 Å². The van der Waals surface area contributed by atoms with Gasteiger partial charge in [0.05, 0.1) is 0 Å². The Kier molecular flexibility index (Phi) is 12.6. The molecule has 1 rings (SSSR count). The molecule has 0 heterocycles. The SMILES string of the molecule is CCCC(C)NC(=O)C(c1ccc(CC)cc1)N(C(=O)C(CCC(N)=O)NC(=O)OC(C)(C)C)C(C)C. The molecule has 0 saturated heterocycles. The molecule has 9 nitrogen and oxygen atoms in total. The highest BCUT2D eigenvalue weighted by Crippen LogP contribution is 2.26. The van der Waals surface area contributed by atoms with Gasteiger partial charge in [0.1, 0.15) is 17.7 Å². The molecule has 1 aromatic rings. The average molecular weight is 519 g/mol. The van der Waals surface area contributed by atoms with E-state index in [-0.39, 0.29) is 24.8 Å². The van der Waals surface area contributed by atoms with Crippen molar-refractivity contribution in [1.29, 1.82) is 0 Å². The summed E-state index contributed by atoms with van der Waals surface area (Å²) in [4.78, 5) is 53.2. The number of rotatable bonds is 13. The lowest BCUT2D eigenvalue weighted by Gasteiger charge is -2.37. The fourth-order valence-corrected chi connectivity index (χ4v) is 4.05. The van der Waals surface area contributed by atoms with Gasteiger partial charge < -0.3 is 26.0 Å². The zero-order valence-corrected chi connectivity index (χ0v) is 23.7. The molecule has 0 aliphatic rings. The second kappa shape index (κ2) is 14.6. The van der Waals surface area contributed by atoms with Gasteiger partial charge in [-0.3, -0.25) is 14.4 Å². The first kappa shape index (κ1) is 31.9. The van der Waals surface area contributed by atoms with Crippen molar-refractivity contribution in [3.05, 3.63) is 35.4 Å². The summed E-state index contributed by atoms with van der Waals surface area (Å²) in [6.07, 6.45) is 1.61. The Hall–Kier alpha value is -3.10. The molecular formula is C28H46N4O5. The molecule has 0 aliphatic heterocycles. The molecule has 9 heteroatoms. The lowest BCUT2D eigenvalue weighted by Crippen LogP contribution is -2.55. The van der Waals surface area contributed by atoms with Crippen LogP contribution in [0.4, 0.5) is 4.79 Å². The lowest BCUT2D eigenvalue weighted by molar-refractivity contribution is -0.145. The van der Waals surface area contributed by atoms with E-state index in [1.54, 1.807) is 20.8 Å². The van der Waals surface area contributed by atoms with Gasteiger partial charge in [-0.05, 0) is 71.9 Å². The normalized spacial score (nSPS) is 13.9. The van der Waals surface area contributed by atoms with Gasteiger partial charge in [-0.15, -0.1) is 0 Å². The molecule has 208 valence electrons. The number of ether oxygens (including phenoxy) is 1. The topological polar surface area (TPSA) is 131 Å². The number of nitrogens with one attached hydrogen (secondary N) is 2. The second-order valence-corrected chi connectivity index (χ2v) is 10.7. The van der Waals surface area contributed by atoms with Crippen LogP contribution in [-0.2, 0) is 25.5 Å². The molecule has 3 unspecified atom stereocenters. The molecule has 0 aliphatic carbocycles. The minimum atomic E-state index is -1.11. The molecule has 0 spiro atoms. The standard InChI is InChI=1S/C28H46N4O5/c1-9-11-19(5)30-25(34)24(21-14-12-20(10-2)13-15-21)32(18(3)4)26(35)22(16-17-23(29)33)31-27(36)37-28(6,7)8/h12-15,18-19,22,24H,9-11,16-17H2,1-8H3,(H2,29,33)(H,30,34)(H,31,36). The van der Waals surface area contributed by atoms with E-state index in [1.165, 1.54) is 4.90 Å². The Balaban J connectivity index is 3.48. The Morgan fingerprint density at radius 3 is 2.03 bits per heavy atom. The maximum atomic E-state index is 14.0. The number of nitrogens with two attached hydrogens (primary N) is 1. The summed E-state index contributed by atoms with van der Waals surface area (Å²) in [5, 5.41) is 5.64. The molecule has 3 atom stereocenters. The monoisotopic (exact) mass is 518 g/mol. The van der Waals surface area contributed by atoms with Gasteiger partial charge in [-0.25, -0.2) is 4.79 Å². The van der Waals surface area contributed by atoms with E-state index in [9.17, 15) is 19.2 Å². The third-order valence-electron chi connectivity index (χ3n) is 5.82. The number of carbonyl (C=O) groups excluding carboxylic acids is 4. The van der Waals surface area contributed by atoms with E-state index in [1.807, 2.05) is 58.9 Å². The van der Waals surface area contributed by atoms with Crippen LogP contribution in [0.3, 0.4) is 0 Å². The summed E-state index contributed by atoms with van der Waals surface area (Å²) in [6, 6.07) is 5.08. The lowest BCUT2D eigenvalue weighted by atomic mass is 9.98. The van der Waals surface area contributed by atoms with Gasteiger partial charge in [0.25, 0.3) is 0 Å². The predicted molar refractivity (Wildman–Crippen MR) is 145 cm³/mol. The summed E-state index contributed by atoms with van der Waals surface area (Å²) in [7, 11) is 0. The molecule has 0 bridgehead atoms. The van der Waals surface area contributed by atoms with E-state index in [0.717, 1.165) is 24.8 Å². The number of primary amides is 1. The van der Waals surface area contributed by atoms with Crippen LogP contribution in [0.15, 0.2) is 24.3 Å². The van der Waals surface area contributed by atoms with Gasteiger partial charge >= 0.3 is 6.09 Å². The quantitative estimate of drug-likeness (QED) is 0.363. The third kappa shape index (κ3) is 10.8. The van der Waals surface area contributed by atoms with Gasteiger partial charge in [0, 0.05) is 18.5 Å². The summed E-state index contributed by atoms with van der Waals surface area (Å²) in [5.41, 5.74) is 6.33. The maximum Gasteiger partial charge on any atom is 0.408 e. The van der Waals surface area contributed by atoms with Crippen LogP contribution < -0.4 is 16.4 Å². The van der Waals surface area contributed by atoms with Crippen molar-refractivity contribution >= 4 is 23.8 Å². The Morgan fingerprint density at radius 2 is 1.57 bits per heavy atom. The average Bonchev–Trinajstić information content (AvgIpc) is 2.78. The first-order chi connectivity index (χ1) is 17.2. The highest BCUT2D eigenvalue weighted by Gasteiger charge is 2.38. The molecule has 0 aromatic heterocycles. The zero-order chi connectivity index (χ0) is 28.3. The van der Waals surface area contributed by atoms with Crippen molar-refractivity contribution in [2.75, 3.05) is 0 Å². The van der Waals surface area contributed by atoms with Crippen molar-refractivity contribution < 1.29 is 23.9 Å². The van der Waals surface area contributed by atoms with Crippen molar-refractivity contribution in [1.82, 2.24) is 15.5 Å². The number of hydrogen-bond donors (Lipinski definition) is 3. The highest BCUT2D eigenvalue weighted by molar-refractivity contribution is 5.92. The van der Waals surface area contributed by atoms with Crippen molar-refractivity contribution in [3.63, 3.8) is 0 Å². The van der Waals surface area contributed by atoms with Crippen LogP contribution in [0, 0.1) is 0 Å². The number of benzene rings is 1. The third-order valence-corrected chi connectivity index (χ3v) is 5.82. The predicted octanol–water partition coefficient (Wildman–Crippen LogP) is 3.99. The number of carbonyl (C=O) groups is 4. The Morgan fingerprint density at radius 1 is 0.973 bits per heavy atom. The minimum absolute atomic E-state index is 0.0218. The van der Waals surface area contributed by atoms with Crippen LogP contribution >= 0.6 is 0 Å².